The summed E-state index contributed by atoms with van der Waals surface area (Å²) in [7, 11) is 0. The molecule has 0 heterocycles. The second-order valence-corrected chi connectivity index (χ2v) is 6.89. The first kappa shape index (κ1) is 24.5. The highest BCUT2D eigenvalue weighted by atomic mass is 127. The van der Waals surface area contributed by atoms with E-state index in [9.17, 15) is 4.79 Å². The quantitative estimate of drug-likeness (QED) is 0.244. The van der Waals surface area contributed by atoms with E-state index in [0.717, 1.165) is 25.5 Å². The van der Waals surface area contributed by atoms with Crippen molar-refractivity contribution in [2.45, 2.75) is 53.2 Å². The predicted octanol–water partition coefficient (Wildman–Crippen LogP) is 3.58. The lowest BCUT2D eigenvalue weighted by Crippen LogP contribution is -2.39. The number of hydrogen-bond donors (Lipinski definition) is 3. The zero-order chi connectivity index (χ0) is 18.7. The van der Waals surface area contributed by atoms with Gasteiger partial charge in [-0.05, 0) is 46.6 Å². The minimum absolute atomic E-state index is 0. The molecular formula is C19H33IN4O2. The number of carbonyl (C=O) groups is 1. The molecule has 0 spiro atoms. The van der Waals surface area contributed by atoms with Crippen LogP contribution in [0.3, 0.4) is 0 Å². The molecule has 0 fully saturated rings. The van der Waals surface area contributed by atoms with Crippen molar-refractivity contribution in [2.75, 3.05) is 19.6 Å². The molecule has 1 amide bonds. The molecule has 3 N–H and O–H groups in total. The molecule has 26 heavy (non-hydrogen) atoms. The molecule has 0 aromatic heterocycles. The molecule has 148 valence electrons. The topological polar surface area (TPSA) is 74.8 Å². The van der Waals surface area contributed by atoms with Gasteiger partial charge in [0.05, 0.1) is 6.54 Å². The molecule has 0 unspecified atom stereocenters. The fourth-order valence-electron chi connectivity index (χ4n) is 2.01. The number of halogens is 1. The van der Waals surface area contributed by atoms with E-state index >= 15 is 0 Å². The number of benzene rings is 1. The molecule has 0 atom stereocenters. The lowest BCUT2D eigenvalue weighted by Gasteiger charge is -2.19. The first-order chi connectivity index (χ1) is 11.8. The van der Waals surface area contributed by atoms with Gasteiger partial charge in [-0.1, -0.05) is 29.8 Å². The minimum Gasteiger partial charge on any atom is -0.444 e. The summed E-state index contributed by atoms with van der Waals surface area (Å²) in [5.41, 5.74) is 1.95. The van der Waals surface area contributed by atoms with Gasteiger partial charge in [-0.25, -0.2) is 9.79 Å². The number of amides is 1. The van der Waals surface area contributed by atoms with Gasteiger partial charge >= 0.3 is 6.09 Å². The Hall–Kier alpha value is -1.51. The van der Waals surface area contributed by atoms with Crippen molar-refractivity contribution in [1.82, 2.24) is 16.0 Å². The maximum Gasteiger partial charge on any atom is 0.407 e. The summed E-state index contributed by atoms with van der Waals surface area (Å²) in [6.07, 6.45) is 0.404. The molecular weight excluding hydrogens is 443 g/mol. The van der Waals surface area contributed by atoms with Crippen LogP contribution < -0.4 is 16.0 Å². The van der Waals surface area contributed by atoms with E-state index in [0.29, 0.717) is 13.1 Å². The molecule has 0 radical (unpaired) electrons. The predicted molar refractivity (Wildman–Crippen MR) is 118 cm³/mol. The average molecular weight is 476 g/mol. The summed E-state index contributed by atoms with van der Waals surface area (Å²) in [6.45, 7) is 12.4. The maximum atomic E-state index is 11.6. The van der Waals surface area contributed by atoms with Crippen molar-refractivity contribution in [3.63, 3.8) is 0 Å². The number of guanidine groups is 1. The van der Waals surface area contributed by atoms with Crippen LogP contribution in [0.1, 0.15) is 45.2 Å². The van der Waals surface area contributed by atoms with Gasteiger partial charge in [0.1, 0.15) is 5.60 Å². The molecule has 0 saturated carbocycles. The standard InChI is InChI=1S/C19H32N4O2.HI/c1-6-20-17(23-14-16-10-8-15(2)9-11-16)21-12-7-13-22-18(24)25-19(3,4)5;/h8-11H,6-7,12-14H2,1-5H3,(H,22,24)(H2,20,21,23);1H. The van der Waals surface area contributed by atoms with Crippen LogP contribution in [-0.4, -0.2) is 37.3 Å². The van der Waals surface area contributed by atoms with Crippen LogP contribution in [0.2, 0.25) is 0 Å². The highest BCUT2D eigenvalue weighted by molar-refractivity contribution is 14.0. The largest absolute Gasteiger partial charge is 0.444 e. The van der Waals surface area contributed by atoms with Crippen molar-refractivity contribution >= 4 is 36.0 Å². The number of hydrogen-bond acceptors (Lipinski definition) is 3. The van der Waals surface area contributed by atoms with Gasteiger partial charge in [0, 0.05) is 19.6 Å². The lowest BCUT2D eigenvalue weighted by molar-refractivity contribution is 0.0527. The molecule has 0 aliphatic rings. The monoisotopic (exact) mass is 476 g/mol. The molecule has 1 aromatic carbocycles. The molecule has 0 bridgehead atoms. The first-order valence-corrected chi connectivity index (χ1v) is 8.84. The first-order valence-electron chi connectivity index (χ1n) is 8.84. The Morgan fingerprint density at radius 1 is 1.08 bits per heavy atom. The number of nitrogens with one attached hydrogen (secondary N) is 3. The molecule has 6 nitrogen and oxygen atoms in total. The van der Waals surface area contributed by atoms with E-state index in [1.165, 1.54) is 11.1 Å². The third kappa shape index (κ3) is 11.9. The number of ether oxygens (including phenoxy) is 1. The van der Waals surface area contributed by atoms with Crippen molar-refractivity contribution < 1.29 is 9.53 Å². The van der Waals surface area contributed by atoms with Crippen LogP contribution in [0.25, 0.3) is 0 Å². The molecule has 7 heteroatoms. The zero-order valence-corrected chi connectivity index (χ0v) is 18.8. The summed E-state index contributed by atoms with van der Waals surface area (Å²) in [4.78, 5) is 16.1. The van der Waals surface area contributed by atoms with Gasteiger partial charge in [-0.2, -0.15) is 0 Å². The van der Waals surface area contributed by atoms with Gasteiger partial charge < -0.3 is 20.7 Å². The third-order valence-electron chi connectivity index (χ3n) is 3.20. The van der Waals surface area contributed by atoms with E-state index in [1.54, 1.807) is 0 Å². The SMILES string of the molecule is CCNC(=NCc1ccc(C)cc1)NCCCNC(=O)OC(C)(C)C.I. The second kappa shape index (κ2) is 12.8. The number of aliphatic imine (C=N–C) groups is 1. The fourth-order valence-corrected chi connectivity index (χ4v) is 2.01. The molecule has 1 aromatic rings. The highest BCUT2D eigenvalue weighted by Crippen LogP contribution is 2.06. The van der Waals surface area contributed by atoms with E-state index in [-0.39, 0.29) is 30.1 Å². The Morgan fingerprint density at radius 2 is 1.69 bits per heavy atom. The summed E-state index contributed by atoms with van der Waals surface area (Å²) in [6, 6.07) is 8.36. The Bertz CT molecular complexity index is 554. The van der Waals surface area contributed by atoms with Gasteiger partial charge in [-0.3, -0.25) is 0 Å². The van der Waals surface area contributed by atoms with E-state index in [4.69, 9.17) is 4.74 Å². The Morgan fingerprint density at radius 3 is 2.27 bits per heavy atom. The summed E-state index contributed by atoms with van der Waals surface area (Å²) < 4.78 is 5.19. The van der Waals surface area contributed by atoms with Crippen molar-refractivity contribution in [3.05, 3.63) is 35.4 Å². The van der Waals surface area contributed by atoms with Crippen molar-refractivity contribution in [3.8, 4) is 0 Å². The van der Waals surface area contributed by atoms with E-state index in [2.05, 4.69) is 52.1 Å². The van der Waals surface area contributed by atoms with E-state index in [1.807, 2.05) is 27.7 Å². The molecule has 0 aliphatic carbocycles. The molecule has 1 rings (SSSR count). The van der Waals surface area contributed by atoms with Gasteiger partial charge in [0.15, 0.2) is 5.96 Å². The number of nitrogens with zero attached hydrogens (tertiary/aromatic N) is 1. The van der Waals surface area contributed by atoms with Crippen LogP contribution in [0.15, 0.2) is 29.3 Å². The number of carbonyl (C=O) groups excluding carboxylic acids is 1. The summed E-state index contributed by atoms with van der Waals surface area (Å²) in [5.74, 6) is 0.778. The van der Waals surface area contributed by atoms with E-state index < -0.39 is 5.60 Å². The Kier molecular flexibility index (Phi) is 12.0. The zero-order valence-electron chi connectivity index (χ0n) is 16.5. The normalized spacial score (nSPS) is 11.3. The van der Waals surface area contributed by atoms with Crippen LogP contribution in [0.5, 0.6) is 0 Å². The van der Waals surface area contributed by atoms with Crippen LogP contribution in [-0.2, 0) is 11.3 Å². The van der Waals surface area contributed by atoms with Gasteiger partial charge in [0.25, 0.3) is 0 Å². The van der Waals surface area contributed by atoms with Crippen LogP contribution in [0.4, 0.5) is 4.79 Å². The Labute approximate surface area is 174 Å². The van der Waals surface area contributed by atoms with Crippen molar-refractivity contribution in [1.29, 1.82) is 0 Å². The molecule has 0 saturated heterocycles. The van der Waals surface area contributed by atoms with Gasteiger partial charge in [-0.15, -0.1) is 24.0 Å². The van der Waals surface area contributed by atoms with Crippen molar-refractivity contribution in [2.24, 2.45) is 4.99 Å². The average Bonchev–Trinajstić information content (AvgIpc) is 2.52. The summed E-state index contributed by atoms with van der Waals surface area (Å²) in [5, 5.41) is 9.24. The number of alkyl carbamates (subject to hydrolysis) is 1. The lowest BCUT2D eigenvalue weighted by atomic mass is 10.1. The third-order valence-corrected chi connectivity index (χ3v) is 3.20. The minimum atomic E-state index is -0.469. The molecule has 0 aliphatic heterocycles. The number of aryl methyl sites for hydroxylation is 1. The smallest absolute Gasteiger partial charge is 0.407 e. The van der Waals surface area contributed by atoms with Crippen LogP contribution in [0, 0.1) is 6.92 Å². The second-order valence-electron chi connectivity index (χ2n) is 6.89. The Balaban J connectivity index is 0.00000625. The fraction of sp³-hybridized carbons (Fsp3) is 0.579. The van der Waals surface area contributed by atoms with Gasteiger partial charge in [0.2, 0.25) is 0 Å². The highest BCUT2D eigenvalue weighted by Gasteiger charge is 2.15. The van der Waals surface area contributed by atoms with Crippen LogP contribution >= 0.6 is 24.0 Å². The maximum absolute atomic E-state index is 11.6. The summed E-state index contributed by atoms with van der Waals surface area (Å²) >= 11 is 0. The number of rotatable bonds is 7.